The Morgan fingerprint density at radius 3 is 2.30 bits per heavy atom. The zero-order valence-corrected chi connectivity index (χ0v) is 20.2. The molecule has 2 aromatic carbocycles. The lowest BCUT2D eigenvalue weighted by molar-refractivity contribution is -0.136. The van der Waals surface area contributed by atoms with Crippen molar-refractivity contribution in [3.05, 3.63) is 53.6 Å². The van der Waals surface area contributed by atoms with E-state index >= 15 is 0 Å². The van der Waals surface area contributed by atoms with E-state index in [1.54, 1.807) is 12.1 Å². The lowest BCUT2D eigenvalue weighted by atomic mass is 10.0. The minimum Gasteiger partial charge on any atom is -0.495 e. The monoisotopic (exact) mass is 453 g/mol. The fourth-order valence-electron chi connectivity index (χ4n) is 3.95. The van der Waals surface area contributed by atoms with Crippen LogP contribution in [0.15, 0.2) is 42.5 Å². The van der Waals surface area contributed by atoms with E-state index in [-0.39, 0.29) is 6.04 Å². The molecule has 1 unspecified atom stereocenters. The maximum atomic E-state index is 12.6. The summed E-state index contributed by atoms with van der Waals surface area (Å²) in [4.78, 5) is 31.9. The standard InChI is InChI=1S/C25H35N5O3/c1-18-6-11-23(33-5)21(16-18)27-25(32)24(31)26-17-22(30-14-12-29(4)13-15-30)19-7-9-20(10-8-19)28(2)3/h6-11,16,22H,12-15,17H2,1-5H3,(H,26,31)(H,27,32). The summed E-state index contributed by atoms with van der Waals surface area (Å²) in [6, 6.07) is 13.8. The minimum absolute atomic E-state index is 0.0137. The predicted molar refractivity (Wildman–Crippen MR) is 132 cm³/mol. The Hall–Kier alpha value is -3.10. The van der Waals surface area contributed by atoms with Gasteiger partial charge < -0.3 is 25.2 Å². The van der Waals surface area contributed by atoms with E-state index in [0.717, 1.165) is 43.0 Å². The summed E-state index contributed by atoms with van der Waals surface area (Å²) in [6.45, 7) is 6.00. The highest BCUT2D eigenvalue weighted by molar-refractivity contribution is 6.39. The van der Waals surface area contributed by atoms with Gasteiger partial charge in [0.05, 0.1) is 18.8 Å². The van der Waals surface area contributed by atoms with Crippen LogP contribution in [0.3, 0.4) is 0 Å². The topological polar surface area (TPSA) is 77.1 Å². The third-order valence-corrected chi connectivity index (χ3v) is 6.04. The van der Waals surface area contributed by atoms with Crippen LogP contribution >= 0.6 is 0 Å². The zero-order valence-electron chi connectivity index (χ0n) is 20.2. The van der Waals surface area contributed by atoms with E-state index in [0.29, 0.717) is 18.0 Å². The number of benzene rings is 2. The lowest BCUT2D eigenvalue weighted by Gasteiger charge is -2.38. The second kappa shape index (κ2) is 11.2. The fourth-order valence-corrected chi connectivity index (χ4v) is 3.95. The molecule has 1 aliphatic rings. The fraction of sp³-hybridized carbons (Fsp3) is 0.440. The van der Waals surface area contributed by atoms with Gasteiger partial charge in [0.15, 0.2) is 0 Å². The number of hydrogen-bond acceptors (Lipinski definition) is 6. The van der Waals surface area contributed by atoms with Gasteiger partial charge in [-0.2, -0.15) is 0 Å². The Kier molecular flexibility index (Phi) is 8.30. The number of methoxy groups -OCH3 is 1. The van der Waals surface area contributed by atoms with Crippen LogP contribution in [0.1, 0.15) is 17.2 Å². The normalized spacial score (nSPS) is 15.5. The minimum atomic E-state index is -0.709. The van der Waals surface area contributed by atoms with Crippen molar-refractivity contribution in [2.75, 3.05) is 71.2 Å². The van der Waals surface area contributed by atoms with Crippen LogP contribution in [0.5, 0.6) is 5.75 Å². The van der Waals surface area contributed by atoms with E-state index in [4.69, 9.17) is 4.74 Å². The van der Waals surface area contributed by atoms with Crippen molar-refractivity contribution in [2.45, 2.75) is 13.0 Å². The third kappa shape index (κ3) is 6.46. The van der Waals surface area contributed by atoms with E-state index in [9.17, 15) is 9.59 Å². The molecule has 3 rings (SSSR count). The highest BCUT2D eigenvalue weighted by Gasteiger charge is 2.26. The number of hydrogen-bond donors (Lipinski definition) is 2. The second-order valence-electron chi connectivity index (χ2n) is 8.71. The third-order valence-electron chi connectivity index (χ3n) is 6.04. The van der Waals surface area contributed by atoms with E-state index in [2.05, 4.69) is 56.6 Å². The molecule has 2 N–H and O–H groups in total. The lowest BCUT2D eigenvalue weighted by Crippen LogP contribution is -2.49. The first-order valence-corrected chi connectivity index (χ1v) is 11.2. The molecule has 1 aliphatic heterocycles. The van der Waals surface area contributed by atoms with Crippen molar-refractivity contribution in [1.29, 1.82) is 0 Å². The van der Waals surface area contributed by atoms with Gasteiger partial charge in [-0.1, -0.05) is 18.2 Å². The average Bonchev–Trinajstić information content (AvgIpc) is 2.80. The van der Waals surface area contributed by atoms with Gasteiger partial charge in [0.1, 0.15) is 5.75 Å². The number of piperazine rings is 1. The van der Waals surface area contributed by atoms with Crippen LogP contribution in [0, 0.1) is 6.92 Å². The maximum Gasteiger partial charge on any atom is 0.313 e. The number of nitrogens with zero attached hydrogens (tertiary/aromatic N) is 3. The molecular formula is C25H35N5O3. The Morgan fingerprint density at radius 1 is 1.03 bits per heavy atom. The molecule has 0 radical (unpaired) electrons. The smallest absolute Gasteiger partial charge is 0.313 e. The Balaban J connectivity index is 1.70. The molecule has 1 atom stereocenters. The Labute approximate surface area is 196 Å². The van der Waals surface area contributed by atoms with Crippen LogP contribution in [-0.2, 0) is 9.59 Å². The molecule has 0 bridgehead atoms. The number of nitrogens with one attached hydrogen (secondary N) is 2. The molecule has 0 aromatic heterocycles. The largest absolute Gasteiger partial charge is 0.495 e. The summed E-state index contributed by atoms with van der Waals surface area (Å²) in [5.74, 6) is -0.861. The maximum absolute atomic E-state index is 12.6. The number of carbonyl (C=O) groups excluding carboxylic acids is 2. The first-order chi connectivity index (χ1) is 15.8. The molecule has 8 nitrogen and oxygen atoms in total. The Morgan fingerprint density at radius 2 is 1.70 bits per heavy atom. The molecule has 1 saturated heterocycles. The molecule has 178 valence electrons. The zero-order chi connectivity index (χ0) is 24.0. The van der Waals surface area contributed by atoms with Gasteiger partial charge in [-0.25, -0.2) is 0 Å². The number of ether oxygens (including phenoxy) is 1. The molecule has 0 saturated carbocycles. The van der Waals surface area contributed by atoms with Crippen LogP contribution in [0.4, 0.5) is 11.4 Å². The van der Waals surface area contributed by atoms with Crippen LogP contribution in [-0.4, -0.2) is 82.6 Å². The van der Waals surface area contributed by atoms with Gasteiger partial charge >= 0.3 is 11.8 Å². The predicted octanol–water partition coefficient (Wildman–Crippen LogP) is 2.11. The highest BCUT2D eigenvalue weighted by Crippen LogP contribution is 2.26. The number of rotatable bonds is 7. The van der Waals surface area contributed by atoms with E-state index in [1.807, 2.05) is 27.1 Å². The highest BCUT2D eigenvalue weighted by atomic mass is 16.5. The summed E-state index contributed by atoms with van der Waals surface area (Å²) in [5.41, 5.74) is 3.67. The summed E-state index contributed by atoms with van der Waals surface area (Å²) >= 11 is 0. The number of aryl methyl sites for hydroxylation is 1. The van der Waals surface area contributed by atoms with Crippen molar-refractivity contribution in [3.63, 3.8) is 0 Å². The van der Waals surface area contributed by atoms with Gasteiger partial charge in [-0.05, 0) is 49.4 Å². The van der Waals surface area contributed by atoms with Crippen LogP contribution < -0.4 is 20.3 Å². The molecule has 2 amide bonds. The summed E-state index contributed by atoms with van der Waals surface area (Å²) in [6.07, 6.45) is 0. The van der Waals surface area contributed by atoms with Crippen molar-refractivity contribution in [1.82, 2.24) is 15.1 Å². The average molecular weight is 454 g/mol. The second-order valence-corrected chi connectivity index (χ2v) is 8.71. The summed E-state index contributed by atoms with van der Waals surface area (Å²) < 4.78 is 5.29. The van der Waals surface area contributed by atoms with Gasteiger partial charge in [-0.15, -0.1) is 0 Å². The number of likely N-dealkylation sites (N-methyl/N-ethyl adjacent to an activating group) is 1. The van der Waals surface area contributed by atoms with Gasteiger partial charge in [0.25, 0.3) is 0 Å². The Bertz CT molecular complexity index is 953. The number of carbonyl (C=O) groups is 2. The molecule has 1 heterocycles. The van der Waals surface area contributed by atoms with Crippen LogP contribution in [0.2, 0.25) is 0 Å². The first-order valence-electron chi connectivity index (χ1n) is 11.2. The van der Waals surface area contributed by atoms with E-state index in [1.165, 1.54) is 7.11 Å². The molecule has 33 heavy (non-hydrogen) atoms. The first kappa shape index (κ1) is 24.5. The van der Waals surface area contributed by atoms with Gasteiger partial charge in [-0.3, -0.25) is 14.5 Å². The van der Waals surface area contributed by atoms with Crippen molar-refractivity contribution in [2.24, 2.45) is 0 Å². The summed E-state index contributed by atoms with van der Waals surface area (Å²) in [5, 5.41) is 5.51. The van der Waals surface area contributed by atoms with Gasteiger partial charge in [0, 0.05) is 52.5 Å². The van der Waals surface area contributed by atoms with Gasteiger partial charge in [0.2, 0.25) is 0 Å². The molecular weight excluding hydrogens is 418 g/mol. The SMILES string of the molecule is COc1ccc(C)cc1NC(=O)C(=O)NCC(c1ccc(N(C)C)cc1)N1CCN(C)CC1. The van der Waals surface area contributed by atoms with Crippen molar-refractivity contribution < 1.29 is 14.3 Å². The van der Waals surface area contributed by atoms with Crippen LogP contribution in [0.25, 0.3) is 0 Å². The number of anilines is 2. The van der Waals surface area contributed by atoms with E-state index < -0.39 is 11.8 Å². The summed E-state index contributed by atoms with van der Waals surface area (Å²) in [7, 11) is 7.66. The van der Waals surface area contributed by atoms with Crippen molar-refractivity contribution >= 4 is 23.2 Å². The molecule has 8 heteroatoms. The van der Waals surface area contributed by atoms with Crippen molar-refractivity contribution in [3.8, 4) is 5.75 Å². The molecule has 1 fully saturated rings. The quantitative estimate of drug-likeness (QED) is 0.626. The molecule has 2 aromatic rings. The number of amides is 2. The molecule has 0 aliphatic carbocycles. The molecule has 0 spiro atoms.